The first-order valence-electron chi connectivity index (χ1n) is 6.41. The third-order valence-electron chi connectivity index (χ3n) is 3.44. The zero-order valence-electron chi connectivity index (χ0n) is 11.3. The van der Waals surface area contributed by atoms with E-state index in [4.69, 9.17) is 5.11 Å². The van der Waals surface area contributed by atoms with Crippen LogP contribution in [0, 0.1) is 0 Å². The van der Waals surface area contributed by atoms with Gasteiger partial charge in [0.2, 0.25) is 0 Å². The summed E-state index contributed by atoms with van der Waals surface area (Å²) < 4.78 is 28.2. The Bertz CT molecular complexity index is 471. The number of phenolic OH excluding ortho intramolecular Hbond substituents is 2. The molecule has 1 atom stereocenters. The first-order valence-corrected chi connectivity index (χ1v) is 6.41. The highest BCUT2D eigenvalue weighted by Gasteiger charge is 2.45. The fraction of sp³-hybridized carbons (Fsp3) is 0.538. The Hall–Kier alpha value is -1.15. The zero-order valence-corrected chi connectivity index (χ0v) is 12.1. The van der Waals surface area contributed by atoms with Gasteiger partial charge in [-0.25, -0.2) is 8.78 Å². The van der Waals surface area contributed by atoms with E-state index < -0.39 is 24.3 Å². The van der Waals surface area contributed by atoms with Crippen molar-refractivity contribution in [3.63, 3.8) is 0 Å². The molecule has 1 heterocycles. The number of halogens is 3. The molecular weight excluding hydrogens is 306 g/mol. The summed E-state index contributed by atoms with van der Waals surface area (Å²) in [4.78, 5) is 1.53. The number of hydrogen-bond acceptors (Lipinski definition) is 5. The van der Waals surface area contributed by atoms with Crippen LogP contribution in [0.4, 0.5) is 8.78 Å². The third kappa shape index (κ3) is 3.94. The lowest BCUT2D eigenvalue weighted by Gasteiger charge is -2.38. The van der Waals surface area contributed by atoms with Crippen LogP contribution in [0.15, 0.2) is 18.2 Å². The number of hydrogen-bond donors (Lipinski definition) is 4. The van der Waals surface area contributed by atoms with E-state index in [9.17, 15) is 19.0 Å². The number of benzene rings is 1. The molecule has 8 heteroatoms. The van der Waals surface area contributed by atoms with Gasteiger partial charge >= 0.3 is 0 Å². The van der Waals surface area contributed by atoms with Gasteiger partial charge < -0.3 is 20.6 Å². The molecule has 0 bridgehead atoms. The second kappa shape index (κ2) is 7.22. The minimum Gasteiger partial charge on any atom is -0.508 e. The number of aliphatic hydroxyl groups is 1. The molecule has 0 amide bonds. The van der Waals surface area contributed by atoms with E-state index in [1.54, 1.807) is 0 Å². The Labute approximate surface area is 127 Å². The van der Waals surface area contributed by atoms with Gasteiger partial charge in [0.15, 0.2) is 0 Å². The Morgan fingerprint density at radius 1 is 1.24 bits per heavy atom. The fourth-order valence-electron chi connectivity index (χ4n) is 2.48. The standard InChI is InChI=1S/C13H18F2N2O3.ClH/c14-13(15,8-18)12(17-5-3-16-4-6-17)10-2-1-9(19)7-11(10)20;/h1-2,7,12,16,18-20H,3-6,8H2;1H/t12-;/m1./s1. The second-order valence-corrected chi connectivity index (χ2v) is 4.85. The number of nitrogens with one attached hydrogen (secondary N) is 1. The SMILES string of the molecule is Cl.OCC(F)(F)[C@@H](c1ccc(O)cc1O)N1CCNCC1. The van der Waals surface area contributed by atoms with Crippen LogP contribution in [-0.2, 0) is 0 Å². The Kier molecular flexibility index (Phi) is 6.15. The van der Waals surface area contributed by atoms with Crippen LogP contribution in [0.1, 0.15) is 11.6 Å². The molecule has 0 unspecified atom stereocenters. The first kappa shape index (κ1) is 17.9. The van der Waals surface area contributed by atoms with Crippen LogP contribution >= 0.6 is 12.4 Å². The van der Waals surface area contributed by atoms with Crippen LogP contribution in [0.2, 0.25) is 0 Å². The molecule has 1 saturated heterocycles. The van der Waals surface area contributed by atoms with Crippen LogP contribution in [0.3, 0.4) is 0 Å². The van der Waals surface area contributed by atoms with E-state index in [2.05, 4.69) is 5.32 Å². The summed E-state index contributed by atoms with van der Waals surface area (Å²) in [6, 6.07) is 2.12. The number of piperazine rings is 1. The van der Waals surface area contributed by atoms with E-state index in [-0.39, 0.29) is 23.7 Å². The maximum Gasteiger partial charge on any atom is 0.290 e. The fourth-order valence-corrected chi connectivity index (χ4v) is 2.48. The molecule has 0 radical (unpaired) electrons. The van der Waals surface area contributed by atoms with E-state index in [1.165, 1.54) is 17.0 Å². The number of nitrogens with zero attached hydrogens (tertiary/aromatic N) is 1. The van der Waals surface area contributed by atoms with Gasteiger partial charge in [-0.05, 0) is 12.1 Å². The average molecular weight is 325 g/mol. The van der Waals surface area contributed by atoms with Crippen molar-refractivity contribution < 1.29 is 24.1 Å². The predicted octanol–water partition coefficient (Wildman–Crippen LogP) is 1.09. The van der Waals surface area contributed by atoms with E-state index >= 15 is 0 Å². The molecule has 1 aliphatic heterocycles. The van der Waals surface area contributed by atoms with Crippen molar-refractivity contribution in [2.75, 3.05) is 32.8 Å². The summed E-state index contributed by atoms with van der Waals surface area (Å²) in [5.41, 5.74) is 0.00347. The lowest BCUT2D eigenvalue weighted by molar-refractivity contribution is -0.119. The molecular formula is C13H19ClF2N2O3. The molecule has 120 valence electrons. The third-order valence-corrected chi connectivity index (χ3v) is 3.44. The monoisotopic (exact) mass is 324 g/mol. The molecule has 1 aliphatic rings. The summed E-state index contributed by atoms with van der Waals surface area (Å²) >= 11 is 0. The lowest BCUT2D eigenvalue weighted by atomic mass is 9.97. The van der Waals surface area contributed by atoms with E-state index in [0.29, 0.717) is 26.2 Å². The van der Waals surface area contributed by atoms with Crippen LogP contribution in [0.25, 0.3) is 0 Å². The smallest absolute Gasteiger partial charge is 0.290 e. The second-order valence-electron chi connectivity index (χ2n) is 4.85. The zero-order chi connectivity index (χ0) is 14.8. The maximum atomic E-state index is 14.1. The normalized spacial score (nSPS) is 18.0. The Balaban J connectivity index is 0.00000220. The summed E-state index contributed by atoms with van der Waals surface area (Å²) in [7, 11) is 0. The highest BCUT2D eigenvalue weighted by Crippen LogP contribution is 2.41. The van der Waals surface area contributed by atoms with Crippen molar-refractivity contribution in [2.24, 2.45) is 0 Å². The highest BCUT2D eigenvalue weighted by molar-refractivity contribution is 5.85. The molecule has 5 nitrogen and oxygen atoms in total. The van der Waals surface area contributed by atoms with E-state index in [0.717, 1.165) is 6.07 Å². The van der Waals surface area contributed by atoms with Crippen molar-refractivity contribution >= 4 is 12.4 Å². The molecule has 0 aromatic heterocycles. The Morgan fingerprint density at radius 2 is 1.86 bits per heavy atom. The molecule has 21 heavy (non-hydrogen) atoms. The molecule has 1 fully saturated rings. The number of rotatable bonds is 4. The minimum atomic E-state index is -3.38. The number of aromatic hydroxyl groups is 2. The van der Waals surface area contributed by atoms with Gasteiger partial charge in [-0.2, -0.15) is 0 Å². The topological polar surface area (TPSA) is 76.0 Å². The molecule has 0 spiro atoms. The predicted molar refractivity (Wildman–Crippen MR) is 76.2 cm³/mol. The maximum absolute atomic E-state index is 14.1. The highest BCUT2D eigenvalue weighted by atomic mass is 35.5. The van der Waals surface area contributed by atoms with Crippen molar-refractivity contribution in [3.05, 3.63) is 23.8 Å². The Morgan fingerprint density at radius 3 is 2.38 bits per heavy atom. The molecule has 0 saturated carbocycles. The van der Waals surface area contributed by atoms with Gasteiger partial charge in [0.1, 0.15) is 24.1 Å². The van der Waals surface area contributed by atoms with Crippen molar-refractivity contribution in [1.29, 1.82) is 0 Å². The molecule has 0 aliphatic carbocycles. The summed E-state index contributed by atoms with van der Waals surface area (Å²) in [6.07, 6.45) is 0. The number of aliphatic hydroxyl groups excluding tert-OH is 1. The van der Waals surface area contributed by atoms with Gasteiger partial charge in [-0.3, -0.25) is 4.90 Å². The van der Waals surface area contributed by atoms with E-state index in [1.807, 2.05) is 0 Å². The number of alkyl halides is 2. The van der Waals surface area contributed by atoms with Gasteiger partial charge in [0, 0.05) is 37.8 Å². The van der Waals surface area contributed by atoms with Gasteiger partial charge in [-0.1, -0.05) is 0 Å². The quantitative estimate of drug-likeness (QED) is 0.667. The molecule has 4 N–H and O–H groups in total. The largest absolute Gasteiger partial charge is 0.508 e. The summed E-state index contributed by atoms with van der Waals surface area (Å²) in [6.45, 7) is 0.608. The van der Waals surface area contributed by atoms with Gasteiger partial charge in [0.05, 0.1) is 0 Å². The number of phenols is 2. The van der Waals surface area contributed by atoms with Crippen molar-refractivity contribution in [3.8, 4) is 11.5 Å². The van der Waals surface area contributed by atoms with Crippen LogP contribution in [-0.4, -0.2) is 58.9 Å². The first-order chi connectivity index (χ1) is 9.45. The minimum absolute atomic E-state index is 0. The lowest BCUT2D eigenvalue weighted by Crippen LogP contribution is -2.51. The summed E-state index contributed by atoms with van der Waals surface area (Å²) in [5, 5.41) is 31.1. The van der Waals surface area contributed by atoms with Crippen LogP contribution < -0.4 is 5.32 Å². The van der Waals surface area contributed by atoms with Crippen molar-refractivity contribution in [1.82, 2.24) is 10.2 Å². The van der Waals surface area contributed by atoms with Gasteiger partial charge in [-0.15, -0.1) is 12.4 Å². The molecule has 1 aromatic rings. The summed E-state index contributed by atoms with van der Waals surface area (Å²) in [5.74, 6) is -3.98. The van der Waals surface area contributed by atoms with Crippen molar-refractivity contribution in [2.45, 2.75) is 12.0 Å². The van der Waals surface area contributed by atoms with Crippen LogP contribution in [0.5, 0.6) is 11.5 Å². The van der Waals surface area contributed by atoms with Gasteiger partial charge in [0.25, 0.3) is 5.92 Å². The molecule has 1 aromatic carbocycles. The average Bonchev–Trinajstić information content (AvgIpc) is 2.43. The molecule has 2 rings (SSSR count).